The zero-order valence-electron chi connectivity index (χ0n) is 12.5. The number of hydrogen-bond acceptors (Lipinski definition) is 3. The molecular weight excluding hydrogens is 339 g/mol. The molecule has 0 bridgehead atoms. The number of nitriles is 1. The topological polar surface area (TPSA) is 62.1 Å². The van der Waals surface area contributed by atoms with Gasteiger partial charge in [0.1, 0.15) is 17.0 Å². The highest BCUT2D eigenvalue weighted by Crippen LogP contribution is 2.20. The Bertz CT molecular complexity index is 578. The lowest BCUT2D eigenvalue weighted by Crippen LogP contribution is -2.48. The summed E-state index contributed by atoms with van der Waals surface area (Å²) in [5.41, 5.74) is -1.57. The Kier molecular flexibility index (Phi) is 5.35. The molecule has 0 saturated heterocycles. The van der Waals surface area contributed by atoms with E-state index in [1.165, 1.54) is 13.0 Å². The third-order valence-corrected chi connectivity index (χ3v) is 3.08. The molecule has 0 aliphatic carbocycles. The minimum atomic E-state index is -1.25. The number of amides is 1. The molecule has 0 unspecified atom stereocenters. The maximum absolute atomic E-state index is 13.8. The van der Waals surface area contributed by atoms with Gasteiger partial charge in [-0.15, -0.1) is 0 Å². The zero-order valence-corrected chi connectivity index (χ0v) is 14.0. The van der Waals surface area contributed by atoms with Gasteiger partial charge in [-0.2, -0.15) is 5.26 Å². The molecule has 1 aromatic carbocycles. The Morgan fingerprint density at radius 1 is 1.43 bits per heavy atom. The Balaban J connectivity index is 2.86. The first-order chi connectivity index (χ1) is 9.54. The normalized spacial score (nSPS) is 14.0. The van der Waals surface area contributed by atoms with Crippen LogP contribution in [0.4, 0.5) is 9.18 Å². The Labute approximate surface area is 132 Å². The number of benzene rings is 1. The van der Waals surface area contributed by atoms with Crippen LogP contribution in [-0.4, -0.2) is 17.2 Å². The fourth-order valence-electron chi connectivity index (χ4n) is 1.69. The maximum Gasteiger partial charge on any atom is 0.408 e. The Hall–Kier alpha value is -1.61. The summed E-state index contributed by atoms with van der Waals surface area (Å²) in [6.07, 6.45) is -0.661. The molecule has 0 aliphatic heterocycles. The number of hydrogen-bond donors (Lipinski definition) is 1. The third-order valence-electron chi connectivity index (χ3n) is 2.58. The number of alkyl carbamates (subject to hydrolysis) is 1. The lowest BCUT2D eigenvalue weighted by molar-refractivity contribution is 0.0486. The van der Waals surface area contributed by atoms with Crippen molar-refractivity contribution in [3.8, 4) is 6.07 Å². The van der Waals surface area contributed by atoms with Crippen LogP contribution in [0.25, 0.3) is 0 Å². The molecule has 0 heterocycles. The number of rotatable bonds is 3. The predicted octanol–water partition coefficient (Wildman–Crippen LogP) is 3.94. The summed E-state index contributed by atoms with van der Waals surface area (Å²) in [4.78, 5) is 11.8. The smallest absolute Gasteiger partial charge is 0.408 e. The second-order valence-electron chi connectivity index (χ2n) is 5.98. The number of nitrogens with one attached hydrogen (secondary N) is 1. The van der Waals surface area contributed by atoms with Crippen LogP contribution in [0, 0.1) is 17.1 Å². The minimum Gasteiger partial charge on any atom is -0.444 e. The SMILES string of the molecule is CC(C)(C)OC(=O)N[C@@](C)(C#N)Cc1ccc(Br)cc1F. The van der Waals surface area contributed by atoms with Gasteiger partial charge < -0.3 is 10.1 Å². The third kappa shape index (κ3) is 5.72. The quantitative estimate of drug-likeness (QED) is 0.891. The van der Waals surface area contributed by atoms with Crippen molar-refractivity contribution in [3.63, 3.8) is 0 Å². The van der Waals surface area contributed by atoms with Crippen molar-refractivity contribution < 1.29 is 13.9 Å². The summed E-state index contributed by atoms with van der Waals surface area (Å²) >= 11 is 3.17. The van der Waals surface area contributed by atoms with E-state index >= 15 is 0 Å². The van der Waals surface area contributed by atoms with Gasteiger partial charge in [0.05, 0.1) is 6.07 Å². The Morgan fingerprint density at radius 2 is 2.05 bits per heavy atom. The first kappa shape index (κ1) is 17.4. The summed E-state index contributed by atoms with van der Waals surface area (Å²) in [5.74, 6) is -0.433. The largest absolute Gasteiger partial charge is 0.444 e. The van der Waals surface area contributed by atoms with Gasteiger partial charge in [-0.05, 0) is 45.4 Å². The molecule has 21 heavy (non-hydrogen) atoms. The number of ether oxygens (including phenoxy) is 1. The van der Waals surface area contributed by atoms with Crippen LogP contribution >= 0.6 is 15.9 Å². The van der Waals surface area contributed by atoms with E-state index in [2.05, 4.69) is 21.2 Å². The lowest BCUT2D eigenvalue weighted by atomic mass is 9.94. The first-order valence-electron chi connectivity index (χ1n) is 6.41. The summed E-state index contributed by atoms with van der Waals surface area (Å²) in [5, 5.41) is 11.8. The van der Waals surface area contributed by atoms with E-state index in [0.717, 1.165) is 0 Å². The summed E-state index contributed by atoms with van der Waals surface area (Å²) in [6, 6.07) is 6.57. The Morgan fingerprint density at radius 3 is 2.52 bits per heavy atom. The van der Waals surface area contributed by atoms with Gasteiger partial charge in [0.2, 0.25) is 0 Å². The van der Waals surface area contributed by atoms with Crippen molar-refractivity contribution in [2.24, 2.45) is 0 Å². The molecule has 1 N–H and O–H groups in total. The van der Waals surface area contributed by atoms with Crippen LogP contribution < -0.4 is 5.32 Å². The van der Waals surface area contributed by atoms with Crippen molar-refractivity contribution in [1.29, 1.82) is 5.26 Å². The van der Waals surface area contributed by atoms with Gasteiger partial charge in [0, 0.05) is 10.9 Å². The summed E-state index contributed by atoms with van der Waals surface area (Å²) < 4.78 is 19.6. The van der Waals surface area contributed by atoms with Crippen LogP contribution in [0.2, 0.25) is 0 Å². The fourth-order valence-corrected chi connectivity index (χ4v) is 2.02. The van der Waals surface area contributed by atoms with Gasteiger partial charge in [-0.25, -0.2) is 9.18 Å². The van der Waals surface area contributed by atoms with E-state index in [-0.39, 0.29) is 6.42 Å². The molecule has 0 aliphatic rings. The van der Waals surface area contributed by atoms with E-state index in [9.17, 15) is 14.4 Å². The molecule has 1 amide bonds. The highest BCUT2D eigenvalue weighted by molar-refractivity contribution is 9.10. The summed E-state index contributed by atoms with van der Waals surface area (Å²) in [6.45, 7) is 6.71. The van der Waals surface area contributed by atoms with E-state index in [0.29, 0.717) is 10.0 Å². The molecule has 1 rings (SSSR count). The molecule has 1 aromatic rings. The zero-order chi connectivity index (χ0) is 16.3. The molecular formula is C15H18BrFN2O2. The van der Waals surface area contributed by atoms with Crippen LogP contribution in [0.15, 0.2) is 22.7 Å². The van der Waals surface area contributed by atoms with Gasteiger partial charge in [-0.3, -0.25) is 0 Å². The molecule has 0 spiro atoms. The highest BCUT2D eigenvalue weighted by Gasteiger charge is 2.30. The first-order valence-corrected chi connectivity index (χ1v) is 7.20. The highest BCUT2D eigenvalue weighted by atomic mass is 79.9. The van der Waals surface area contributed by atoms with Crippen LogP contribution in [-0.2, 0) is 11.2 Å². The standard InChI is InChI=1S/C15H18BrFN2O2/c1-14(2,3)21-13(20)19-15(4,9-18)8-10-5-6-11(16)7-12(10)17/h5-7H,8H2,1-4H3,(H,19,20)/t15-/m1/s1. The monoisotopic (exact) mass is 356 g/mol. The molecule has 4 nitrogen and oxygen atoms in total. The van der Waals surface area contributed by atoms with Crippen molar-refractivity contribution in [1.82, 2.24) is 5.32 Å². The van der Waals surface area contributed by atoms with Crippen LogP contribution in [0.3, 0.4) is 0 Å². The van der Waals surface area contributed by atoms with E-state index < -0.39 is 23.1 Å². The number of halogens is 2. The van der Waals surface area contributed by atoms with Crippen LogP contribution in [0.1, 0.15) is 33.3 Å². The van der Waals surface area contributed by atoms with E-state index in [1.807, 2.05) is 6.07 Å². The fraction of sp³-hybridized carbons (Fsp3) is 0.467. The molecule has 1 atom stereocenters. The van der Waals surface area contributed by atoms with Crippen molar-refractivity contribution >= 4 is 22.0 Å². The van der Waals surface area contributed by atoms with Crippen molar-refractivity contribution in [2.75, 3.05) is 0 Å². The molecule has 0 aromatic heterocycles. The maximum atomic E-state index is 13.8. The number of carbonyl (C=O) groups excluding carboxylic acids is 1. The van der Waals surface area contributed by atoms with Gasteiger partial charge >= 0.3 is 6.09 Å². The molecule has 6 heteroatoms. The van der Waals surface area contributed by atoms with Crippen molar-refractivity contribution in [3.05, 3.63) is 34.1 Å². The molecule has 0 radical (unpaired) electrons. The lowest BCUT2D eigenvalue weighted by Gasteiger charge is -2.26. The van der Waals surface area contributed by atoms with Crippen molar-refractivity contribution in [2.45, 2.75) is 45.3 Å². The summed E-state index contributed by atoms with van der Waals surface area (Å²) in [7, 11) is 0. The number of carbonyl (C=O) groups is 1. The second-order valence-corrected chi connectivity index (χ2v) is 6.90. The van der Waals surface area contributed by atoms with Gasteiger partial charge in [0.15, 0.2) is 0 Å². The van der Waals surface area contributed by atoms with Crippen LogP contribution in [0.5, 0.6) is 0 Å². The number of nitrogens with zero attached hydrogens (tertiary/aromatic N) is 1. The van der Waals surface area contributed by atoms with Gasteiger partial charge in [0.25, 0.3) is 0 Å². The van der Waals surface area contributed by atoms with E-state index in [1.54, 1.807) is 32.9 Å². The average molecular weight is 357 g/mol. The molecule has 0 fully saturated rings. The second kappa shape index (κ2) is 6.44. The molecule has 0 saturated carbocycles. The molecule has 114 valence electrons. The van der Waals surface area contributed by atoms with E-state index in [4.69, 9.17) is 4.74 Å². The minimum absolute atomic E-state index is 0.0435. The van der Waals surface area contributed by atoms with Gasteiger partial charge in [-0.1, -0.05) is 22.0 Å². The predicted molar refractivity (Wildman–Crippen MR) is 81.2 cm³/mol. The average Bonchev–Trinajstić information content (AvgIpc) is 2.30.